The molecule has 1 unspecified atom stereocenters. The lowest BCUT2D eigenvalue weighted by atomic mass is 10.2. The van der Waals surface area contributed by atoms with E-state index >= 15 is 0 Å². The average molecular weight is 327 g/mol. The number of hydrogen-bond donors (Lipinski definition) is 1. The minimum Gasteiger partial charge on any atom is -0.349 e. The van der Waals surface area contributed by atoms with E-state index in [1.165, 1.54) is 4.90 Å². The number of hydrogen-bond acceptors (Lipinski definition) is 3. The van der Waals surface area contributed by atoms with Crippen LogP contribution in [0.2, 0.25) is 5.02 Å². The monoisotopic (exact) mass is 326 g/mol. The fourth-order valence-electron chi connectivity index (χ4n) is 2.67. The van der Waals surface area contributed by atoms with Gasteiger partial charge in [-0.2, -0.15) is 0 Å². The van der Waals surface area contributed by atoms with Crippen LogP contribution in [-0.4, -0.2) is 48.8 Å². The number of amides is 1. The molecule has 5 nitrogen and oxygen atoms in total. The first kappa shape index (κ1) is 14.4. The molecular weight excluding hydrogens is 312 g/mol. The van der Waals surface area contributed by atoms with Crippen LogP contribution in [-0.2, 0) is 9.84 Å². The van der Waals surface area contributed by atoms with Gasteiger partial charge in [-0.3, -0.25) is 4.79 Å². The maximum absolute atomic E-state index is 12.5. The highest BCUT2D eigenvalue weighted by Gasteiger charge is 2.33. The second-order valence-corrected chi connectivity index (χ2v) is 8.00. The highest BCUT2D eigenvalue weighted by Crippen LogP contribution is 2.25. The van der Waals surface area contributed by atoms with Crippen molar-refractivity contribution in [1.82, 2.24) is 9.88 Å². The van der Waals surface area contributed by atoms with Crippen molar-refractivity contribution in [1.29, 1.82) is 0 Å². The molecule has 0 bridgehead atoms. The summed E-state index contributed by atoms with van der Waals surface area (Å²) in [5.74, 6) is -0.0336. The first-order valence-electron chi connectivity index (χ1n) is 6.62. The van der Waals surface area contributed by atoms with Gasteiger partial charge in [-0.05, 0) is 18.6 Å². The van der Waals surface area contributed by atoms with E-state index in [0.29, 0.717) is 17.1 Å². The van der Waals surface area contributed by atoms with Gasteiger partial charge < -0.3 is 9.88 Å². The number of nitrogens with zero attached hydrogens (tertiary/aromatic N) is 1. The summed E-state index contributed by atoms with van der Waals surface area (Å²) in [5.41, 5.74) is 1.14. The van der Waals surface area contributed by atoms with Gasteiger partial charge in [0.2, 0.25) is 0 Å². The Morgan fingerprint density at radius 1 is 1.43 bits per heavy atom. The van der Waals surface area contributed by atoms with Crippen molar-refractivity contribution in [2.45, 2.75) is 12.5 Å². The van der Waals surface area contributed by atoms with Crippen LogP contribution >= 0.6 is 11.6 Å². The summed E-state index contributed by atoms with van der Waals surface area (Å²) in [4.78, 5) is 17.0. The highest BCUT2D eigenvalue weighted by atomic mass is 35.5. The summed E-state index contributed by atoms with van der Waals surface area (Å²) in [6.45, 7) is 0. The molecule has 112 valence electrons. The zero-order chi connectivity index (χ0) is 15.2. The van der Waals surface area contributed by atoms with Gasteiger partial charge in [0.1, 0.15) is 5.69 Å². The standard InChI is InChI=1S/C14H15ClN2O3S/c1-17(10-5-6-21(19,20)8-10)14(18)12-7-9-3-2-4-11(15)13(9)16-12/h2-4,7,10,16H,5-6,8H2,1H3. The zero-order valence-corrected chi connectivity index (χ0v) is 13.0. The number of carbonyl (C=O) groups is 1. The van der Waals surface area contributed by atoms with Gasteiger partial charge in [0.25, 0.3) is 5.91 Å². The molecular formula is C14H15ClN2O3S. The van der Waals surface area contributed by atoms with Crippen molar-refractivity contribution >= 4 is 38.2 Å². The van der Waals surface area contributed by atoms with Crippen molar-refractivity contribution < 1.29 is 13.2 Å². The predicted molar refractivity (Wildman–Crippen MR) is 82.5 cm³/mol. The molecule has 0 radical (unpaired) electrons. The molecule has 1 N–H and O–H groups in total. The number of nitrogens with one attached hydrogen (secondary N) is 1. The van der Waals surface area contributed by atoms with E-state index in [9.17, 15) is 13.2 Å². The highest BCUT2D eigenvalue weighted by molar-refractivity contribution is 7.91. The number of sulfone groups is 1. The van der Waals surface area contributed by atoms with E-state index in [1.807, 2.05) is 12.1 Å². The van der Waals surface area contributed by atoms with E-state index in [-0.39, 0.29) is 23.5 Å². The molecule has 1 aliphatic heterocycles. The summed E-state index contributed by atoms with van der Waals surface area (Å²) in [7, 11) is -1.37. The fraction of sp³-hybridized carbons (Fsp3) is 0.357. The second-order valence-electron chi connectivity index (χ2n) is 5.36. The lowest BCUT2D eigenvalue weighted by molar-refractivity contribution is 0.0743. The molecule has 1 aliphatic rings. The van der Waals surface area contributed by atoms with E-state index in [0.717, 1.165) is 10.9 Å². The number of rotatable bonds is 2. The SMILES string of the molecule is CN(C(=O)c1cc2cccc(Cl)c2[nH]1)C1CCS(=O)(=O)C1. The van der Waals surface area contributed by atoms with Gasteiger partial charge in [0.05, 0.1) is 22.0 Å². The lowest BCUT2D eigenvalue weighted by Crippen LogP contribution is -2.37. The zero-order valence-electron chi connectivity index (χ0n) is 11.5. The van der Waals surface area contributed by atoms with E-state index < -0.39 is 9.84 Å². The third-order valence-electron chi connectivity index (χ3n) is 3.91. The van der Waals surface area contributed by atoms with Crippen LogP contribution in [0.25, 0.3) is 10.9 Å². The van der Waals surface area contributed by atoms with Gasteiger partial charge in [-0.1, -0.05) is 23.7 Å². The third-order valence-corrected chi connectivity index (χ3v) is 5.98. The summed E-state index contributed by atoms with van der Waals surface area (Å²) in [6, 6.07) is 6.92. The minimum atomic E-state index is -3.01. The quantitative estimate of drug-likeness (QED) is 0.918. The fourth-order valence-corrected chi connectivity index (χ4v) is 4.67. The molecule has 0 aliphatic carbocycles. The van der Waals surface area contributed by atoms with Gasteiger partial charge in [-0.25, -0.2) is 8.42 Å². The van der Waals surface area contributed by atoms with Gasteiger partial charge >= 0.3 is 0 Å². The Balaban J connectivity index is 1.88. The van der Waals surface area contributed by atoms with Crippen LogP contribution in [0.15, 0.2) is 24.3 Å². The number of benzene rings is 1. The van der Waals surface area contributed by atoms with Crippen molar-refractivity contribution in [2.24, 2.45) is 0 Å². The lowest BCUT2D eigenvalue weighted by Gasteiger charge is -2.22. The molecule has 21 heavy (non-hydrogen) atoms. The van der Waals surface area contributed by atoms with Gasteiger partial charge in [0, 0.05) is 18.5 Å². The topological polar surface area (TPSA) is 70.2 Å². The Morgan fingerprint density at radius 2 is 2.19 bits per heavy atom. The van der Waals surface area contributed by atoms with Crippen LogP contribution < -0.4 is 0 Å². The summed E-state index contributed by atoms with van der Waals surface area (Å²) in [5, 5.41) is 1.41. The molecule has 1 atom stereocenters. The summed E-state index contributed by atoms with van der Waals surface area (Å²) >= 11 is 6.08. The first-order chi connectivity index (χ1) is 9.87. The number of aromatic nitrogens is 1. The van der Waals surface area contributed by atoms with Crippen LogP contribution in [0, 0.1) is 0 Å². The maximum Gasteiger partial charge on any atom is 0.270 e. The van der Waals surface area contributed by atoms with E-state index in [2.05, 4.69) is 4.98 Å². The molecule has 1 aromatic carbocycles. The molecule has 2 heterocycles. The van der Waals surface area contributed by atoms with Crippen molar-refractivity contribution in [3.8, 4) is 0 Å². The number of aromatic amines is 1. The number of fused-ring (bicyclic) bond motifs is 1. The maximum atomic E-state index is 12.5. The molecule has 1 aromatic heterocycles. The van der Waals surface area contributed by atoms with Crippen molar-refractivity contribution in [2.75, 3.05) is 18.6 Å². The minimum absolute atomic E-state index is 0.0379. The molecule has 1 amide bonds. The summed E-state index contributed by atoms with van der Waals surface area (Å²) < 4.78 is 23.1. The number of carbonyl (C=O) groups excluding carboxylic acids is 1. The normalized spacial score (nSPS) is 20.8. The Labute approximate surface area is 127 Å². The number of para-hydroxylation sites is 1. The van der Waals surface area contributed by atoms with Crippen LogP contribution in [0.4, 0.5) is 0 Å². The van der Waals surface area contributed by atoms with Crippen LogP contribution in [0.5, 0.6) is 0 Å². The Bertz CT molecular complexity index is 813. The number of H-pyrrole nitrogens is 1. The van der Waals surface area contributed by atoms with Gasteiger partial charge in [-0.15, -0.1) is 0 Å². The largest absolute Gasteiger partial charge is 0.349 e. The molecule has 2 aromatic rings. The van der Waals surface area contributed by atoms with E-state index in [4.69, 9.17) is 11.6 Å². The molecule has 7 heteroatoms. The van der Waals surface area contributed by atoms with Gasteiger partial charge in [0.15, 0.2) is 9.84 Å². The second kappa shape index (κ2) is 5.03. The molecule has 1 fully saturated rings. The predicted octanol–water partition coefficient (Wildman–Crippen LogP) is 2.08. The molecule has 0 saturated carbocycles. The molecule has 3 rings (SSSR count). The van der Waals surface area contributed by atoms with Crippen molar-refractivity contribution in [3.05, 3.63) is 35.0 Å². The smallest absolute Gasteiger partial charge is 0.270 e. The average Bonchev–Trinajstić information content (AvgIpc) is 3.01. The number of halogens is 1. The van der Waals surface area contributed by atoms with Crippen molar-refractivity contribution in [3.63, 3.8) is 0 Å². The van der Waals surface area contributed by atoms with Crippen LogP contribution in [0.1, 0.15) is 16.9 Å². The third kappa shape index (κ3) is 2.65. The Hall–Kier alpha value is -1.53. The first-order valence-corrected chi connectivity index (χ1v) is 8.82. The van der Waals surface area contributed by atoms with Crippen LogP contribution in [0.3, 0.4) is 0 Å². The summed E-state index contributed by atoms with van der Waals surface area (Å²) in [6.07, 6.45) is 0.492. The Morgan fingerprint density at radius 3 is 2.81 bits per heavy atom. The van der Waals surface area contributed by atoms with E-state index in [1.54, 1.807) is 19.2 Å². The molecule has 1 saturated heterocycles. The molecule has 0 spiro atoms. The Kier molecular flexibility index (Phi) is 3.45.